The largest absolute Gasteiger partial charge is 0.389 e. The second-order valence-electron chi connectivity index (χ2n) is 5.92. The van der Waals surface area contributed by atoms with Crippen LogP contribution in [0, 0.1) is 5.92 Å². The van der Waals surface area contributed by atoms with Gasteiger partial charge in [0.15, 0.2) is 0 Å². The zero-order chi connectivity index (χ0) is 14.4. The second kappa shape index (κ2) is 7.96. The van der Waals surface area contributed by atoms with Crippen molar-refractivity contribution in [1.82, 2.24) is 9.80 Å². The van der Waals surface area contributed by atoms with E-state index in [1.165, 1.54) is 12.8 Å². The maximum absolute atomic E-state index is 12.3. The Kier molecular flexibility index (Phi) is 6.26. The molecule has 1 N–H and O–H groups in total. The van der Waals surface area contributed by atoms with Gasteiger partial charge in [0.05, 0.1) is 12.7 Å². The molecule has 1 amide bonds. The molecular formula is C15H28N2O3. The van der Waals surface area contributed by atoms with Gasteiger partial charge in [-0.05, 0) is 19.8 Å². The number of carbonyl (C=O) groups is 1. The van der Waals surface area contributed by atoms with Crippen LogP contribution in [-0.4, -0.2) is 72.9 Å². The zero-order valence-corrected chi connectivity index (χ0v) is 12.6. The van der Waals surface area contributed by atoms with Crippen LogP contribution in [0.2, 0.25) is 0 Å². The summed E-state index contributed by atoms with van der Waals surface area (Å²) in [6.07, 6.45) is 4.14. The Balaban J connectivity index is 1.68. The summed E-state index contributed by atoms with van der Waals surface area (Å²) < 4.78 is 5.22. The number of hydrogen-bond acceptors (Lipinski definition) is 4. The average molecular weight is 284 g/mol. The van der Waals surface area contributed by atoms with E-state index < -0.39 is 6.10 Å². The molecule has 2 aliphatic rings. The van der Waals surface area contributed by atoms with Crippen LogP contribution in [0.4, 0.5) is 0 Å². The van der Waals surface area contributed by atoms with Crippen LogP contribution < -0.4 is 0 Å². The third-order valence-electron chi connectivity index (χ3n) is 4.37. The van der Waals surface area contributed by atoms with Crippen LogP contribution >= 0.6 is 0 Å². The highest BCUT2D eigenvalue weighted by atomic mass is 16.5. The number of carbonyl (C=O) groups excluding carboxylic acids is 1. The molecular weight excluding hydrogens is 256 g/mol. The number of ether oxygens (including phenoxy) is 1. The fourth-order valence-corrected chi connectivity index (χ4v) is 3.19. The van der Waals surface area contributed by atoms with Gasteiger partial charge in [0.2, 0.25) is 5.91 Å². The summed E-state index contributed by atoms with van der Waals surface area (Å²) in [6.45, 7) is 6.95. The minimum absolute atomic E-state index is 0.282. The molecule has 5 heteroatoms. The normalized spacial score (nSPS) is 23.2. The van der Waals surface area contributed by atoms with Gasteiger partial charge in [-0.3, -0.25) is 9.69 Å². The van der Waals surface area contributed by atoms with Gasteiger partial charge in [-0.2, -0.15) is 0 Å². The molecule has 1 heterocycles. The van der Waals surface area contributed by atoms with E-state index in [-0.39, 0.29) is 5.92 Å². The minimum Gasteiger partial charge on any atom is -0.389 e. The lowest BCUT2D eigenvalue weighted by atomic mass is 10.1. The lowest BCUT2D eigenvalue weighted by Gasteiger charge is -2.36. The van der Waals surface area contributed by atoms with E-state index in [9.17, 15) is 9.90 Å². The van der Waals surface area contributed by atoms with Crippen molar-refractivity contribution in [1.29, 1.82) is 0 Å². The maximum Gasteiger partial charge on any atom is 0.225 e. The van der Waals surface area contributed by atoms with Crippen molar-refractivity contribution in [3.63, 3.8) is 0 Å². The minimum atomic E-state index is -0.424. The number of rotatable bonds is 6. The van der Waals surface area contributed by atoms with Crippen molar-refractivity contribution < 1.29 is 14.6 Å². The van der Waals surface area contributed by atoms with E-state index in [2.05, 4.69) is 4.90 Å². The van der Waals surface area contributed by atoms with Crippen molar-refractivity contribution in [2.45, 2.75) is 38.7 Å². The van der Waals surface area contributed by atoms with E-state index >= 15 is 0 Å². The molecule has 20 heavy (non-hydrogen) atoms. The van der Waals surface area contributed by atoms with Crippen molar-refractivity contribution in [3.8, 4) is 0 Å². The Morgan fingerprint density at radius 1 is 1.25 bits per heavy atom. The van der Waals surface area contributed by atoms with Gasteiger partial charge in [-0.15, -0.1) is 0 Å². The first kappa shape index (κ1) is 15.7. The monoisotopic (exact) mass is 284 g/mol. The fourth-order valence-electron chi connectivity index (χ4n) is 3.19. The number of aliphatic hydroxyl groups is 1. The molecule has 0 bridgehead atoms. The summed E-state index contributed by atoms with van der Waals surface area (Å²) in [7, 11) is 0. The molecule has 1 saturated heterocycles. The standard InChI is InChI=1S/C15H28N2O3/c1-2-20-12-14(18)11-16-7-9-17(10-8-16)15(19)13-5-3-4-6-13/h13-14,18H,2-12H2,1H3/t14-/m0/s1. The molecule has 2 fully saturated rings. The quantitative estimate of drug-likeness (QED) is 0.781. The predicted octanol–water partition coefficient (Wildman–Crippen LogP) is 0.718. The molecule has 0 aromatic heterocycles. The fraction of sp³-hybridized carbons (Fsp3) is 0.933. The maximum atomic E-state index is 12.3. The van der Waals surface area contributed by atoms with Crippen LogP contribution in [0.3, 0.4) is 0 Å². The molecule has 0 aromatic rings. The molecule has 0 spiro atoms. The first-order chi connectivity index (χ1) is 9.70. The Hall–Kier alpha value is -0.650. The summed E-state index contributed by atoms with van der Waals surface area (Å²) in [4.78, 5) is 16.5. The summed E-state index contributed by atoms with van der Waals surface area (Å²) in [5, 5.41) is 9.83. The summed E-state index contributed by atoms with van der Waals surface area (Å²) in [6, 6.07) is 0. The highest BCUT2D eigenvalue weighted by Crippen LogP contribution is 2.26. The van der Waals surface area contributed by atoms with Gasteiger partial charge in [-0.1, -0.05) is 12.8 Å². The van der Waals surface area contributed by atoms with Crippen LogP contribution in [-0.2, 0) is 9.53 Å². The third-order valence-corrected chi connectivity index (χ3v) is 4.37. The molecule has 1 aliphatic carbocycles. The Morgan fingerprint density at radius 2 is 1.90 bits per heavy atom. The summed E-state index contributed by atoms with van der Waals surface area (Å²) >= 11 is 0. The number of hydrogen-bond donors (Lipinski definition) is 1. The number of nitrogens with zero attached hydrogens (tertiary/aromatic N) is 2. The lowest BCUT2D eigenvalue weighted by molar-refractivity contribution is -0.137. The Morgan fingerprint density at radius 3 is 2.50 bits per heavy atom. The summed E-state index contributed by atoms with van der Waals surface area (Å²) in [5.41, 5.74) is 0. The highest BCUT2D eigenvalue weighted by molar-refractivity contribution is 5.79. The molecule has 5 nitrogen and oxygen atoms in total. The Labute approximate surface area is 121 Å². The van der Waals surface area contributed by atoms with Crippen LogP contribution in [0.25, 0.3) is 0 Å². The van der Waals surface area contributed by atoms with Crippen molar-refractivity contribution >= 4 is 5.91 Å². The number of amides is 1. The third kappa shape index (κ3) is 4.43. The van der Waals surface area contributed by atoms with E-state index in [1.54, 1.807) is 0 Å². The SMILES string of the molecule is CCOC[C@@H](O)CN1CCN(C(=O)C2CCCC2)CC1. The van der Waals surface area contributed by atoms with Gasteiger partial charge in [0.25, 0.3) is 0 Å². The topological polar surface area (TPSA) is 53.0 Å². The number of β-amino-alcohol motifs (C(OH)–C–C–N with tert-alkyl or cyclic N) is 1. The Bertz CT molecular complexity index is 297. The van der Waals surface area contributed by atoms with Crippen LogP contribution in [0.1, 0.15) is 32.6 Å². The lowest BCUT2D eigenvalue weighted by Crippen LogP contribution is -2.51. The molecule has 0 unspecified atom stereocenters. The molecule has 1 saturated carbocycles. The van der Waals surface area contributed by atoms with Gasteiger partial charge in [0, 0.05) is 45.2 Å². The summed E-state index contributed by atoms with van der Waals surface area (Å²) in [5.74, 6) is 0.641. The smallest absolute Gasteiger partial charge is 0.225 e. The van der Waals surface area contributed by atoms with Gasteiger partial charge in [-0.25, -0.2) is 0 Å². The van der Waals surface area contributed by atoms with Crippen molar-refractivity contribution in [3.05, 3.63) is 0 Å². The van der Waals surface area contributed by atoms with Gasteiger partial charge >= 0.3 is 0 Å². The van der Waals surface area contributed by atoms with E-state index in [0.717, 1.165) is 39.0 Å². The number of aliphatic hydroxyl groups excluding tert-OH is 1. The van der Waals surface area contributed by atoms with Crippen LogP contribution in [0.5, 0.6) is 0 Å². The van der Waals surface area contributed by atoms with Gasteiger partial charge < -0.3 is 14.7 Å². The van der Waals surface area contributed by atoms with E-state index in [0.29, 0.717) is 25.7 Å². The molecule has 116 valence electrons. The highest BCUT2D eigenvalue weighted by Gasteiger charge is 2.29. The molecule has 0 aromatic carbocycles. The van der Waals surface area contributed by atoms with Crippen LogP contribution in [0.15, 0.2) is 0 Å². The molecule has 2 rings (SSSR count). The van der Waals surface area contributed by atoms with E-state index in [1.807, 2.05) is 11.8 Å². The predicted molar refractivity (Wildman–Crippen MR) is 77.5 cm³/mol. The molecule has 0 radical (unpaired) electrons. The first-order valence-electron chi connectivity index (χ1n) is 7.97. The van der Waals surface area contributed by atoms with E-state index in [4.69, 9.17) is 4.74 Å². The first-order valence-corrected chi connectivity index (χ1v) is 7.97. The molecule has 1 atom stereocenters. The zero-order valence-electron chi connectivity index (χ0n) is 12.6. The number of piperazine rings is 1. The van der Waals surface area contributed by atoms with Crippen molar-refractivity contribution in [2.24, 2.45) is 5.92 Å². The van der Waals surface area contributed by atoms with Gasteiger partial charge in [0.1, 0.15) is 0 Å². The second-order valence-corrected chi connectivity index (χ2v) is 5.92. The average Bonchev–Trinajstić information content (AvgIpc) is 2.99. The van der Waals surface area contributed by atoms with Crippen molar-refractivity contribution in [2.75, 3.05) is 45.9 Å². The molecule has 1 aliphatic heterocycles.